The molecule has 33 heavy (non-hydrogen) atoms. The van der Waals surface area contributed by atoms with E-state index in [1.54, 1.807) is 6.07 Å². The molecule has 3 aliphatic rings. The lowest BCUT2D eigenvalue weighted by atomic mass is 9.93. The van der Waals surface area contributed by atoms with E-state index in [0.717, 1.165) is 49.1 Å². The molecule has 3 heterocycles. The lowest BCUT2D eigenvalue weighted by Gasteiger charge is -2.40. The molecule has 0 N–H and O–H groups in total. The minimum atomic E-state index is -4.64. The van der Waals surface area contributed by atoms with Crippen molar-refractivity contribution in [2.75, 3.05) is 26.7 Å². The van der Waals surface area contributed by atoms with Crippen molar-refractivity contribution < 1.29 is 27.5 Å². The molecule has 0 atom stereocenters. The molecule has 2 saturated carbocycles. The molecular weight excluding hydrogens is 437 g/mol. The number of rotatable bonds is 4. The van der Waals surface area contributed by atoms with E-state index in [1.165, 1.54) is 18.4 Å². The summed E-state index contributed by atoms with van der Waals surface area (Å²) in [5.74, 6) is -0.625. The summed E-state index contributed by atoms with van der Waals surface area (Å²) in [6.45, 7) is 0.633. The van der Waals surface area contributed by atoms with E-state index in [-0.39, 0.29) is 41.4 Å². The number of hydrogen-bond donors (Lipinski definition) is 0. The second-order valence-electron chi connectivity index (χ2n) is 9.23. The molecule has 7 nitrogen and oxygen atoms in total. The Morgan fingerprint density at radius 3 is 2.42 bits per heavy atom. The quantitative estimate of drug-likeness (QED) is 0.689. The van der Waals surface area contributed by atoms with Gasteiger partial charge in [0, 0.05) is 19.1 Å². The van der Waals surface area contributed by atoms with Gasteiger partial charge in [0.15, 0.2) is 11.4 Å². The zero-order chi connectivity index (χ0) is 23.3. The topological polar surface area (TPSA) is 67.2 Å². The molecule has 10 heteroatoms. The number of alkyl halides is 3. The van der Waals surface area contributed by atoms with Crippen LogP contribution in [0.4, 0.5) is 13.2 Å². The molecule has 0 bridgehead atoms. The predicted octanol–water partition coefficient (Wildman–Crippen LogP) is 3.86. The molecule has 2 aliphatic carbocycles. The normalized spacial score (nSPS) is 20.5. The Bertz CT molecular complexity index is 1090. The molecular formula is C23H27F3N4O3. The number of hydrogen-bond acceptors (Lipinski definition) is 4. The van der Waals surface area contributed by atoms with Crippen LogP contribution in [0.25, 0.3) is 5.52 Å². The first-order valence-corrected chi connectivity index (χ1v) is 11.5. The van der Waals surface area contributed by atoms with Gasteiger partial charge in [-0.15, -0.1) is 0 Å². The van der Waals surface area contributed by atoms with Crippen LogP contribution in [0.3, 0.4) is 0 Å². The third kappa shape index (κ3) is 4.04. The van der Waals surface area contributed by atoms with Gasteiger partial charge >= 0.3 is 6.18 Å². The number of halogens is 3. The highest BCUT2D eigenvalue weighted by Crippen LogP contribution is 2.44. The first-order valence-electron chi connectivity index (χ1n) is 11.5. The van der Waals surface area contributed by atoms with Crippen LogP contribution in [-0.2, 0) is 11.0 Å². The zero-order valence-corrected chi connectivity index (χ0v) is 18.5. The largest absolute Gasteiger partial charge is 0.492 e. The van der Waals surface area contributed by atoms with Gasteiger partial charge in [-0.3, -0.25) is 9.59 Å². The fourth-order valence-electron chi connectivity index (χ4n) is 5.13. The molecule has 2 aromatic rings. The van der Waals surface area contributed by atoms with E-state index >= 15 is 0 Å². The van der Waals surface area contributed by atoms with Crippen molar-refractivity contribution in [1.29, 1.82) is 0 Å². The Balaban J connectivity index is 1.46. The average Bonchev–Trinajstić information content (AvgIpc) is 3.58. The Hall–Kier alpha value is -2.78. The van der Waals surface area contributed by atoms with Crippen LogP contribution >= 0.6 is 0 Å². The molecule has 178 valence electrons. The minimum Gasteiger partial charge on any atom is -0.492 e. The second kappa shape index (κ2) is 8.22. The van der Waals surface area contributed by atoms with Gasteiger partial charge in [-0.2, -0.15) is 18.3 Å². The second-order valence-corrected chi connectivity index (χ2v) is 9.23. The summed E-state index contributed by atoms with van der Waals surface area (Å²) in [5, 5.41) is 4.04. The highest BCUT2D eigenvalue weighted by molar-refractivity contribution is 6.00. The molecule has 0 unspecified atom stereocenters. The molecule has 0 aromatic carbocycles. The van der Waals surface area contributed by atoms with Crippen molar-refractivity contribution in [2.24, 2.45) is 0 Å². The highest BCUT2D eigenvalue weighted by atomic mass is 19.4. The van der Waals surface area contributed by atoms with Gasteiger partial charge in [0.2, 0.25) is 5.91 Å². The Kier molecular flexibility index (Phi) is 5.49. The standard InChI is InChI=1S/C23H27F3N4O3/c1-33-21-17-11-15(14-7-8-14)12-18(23(24,25)26)30(17)27-20(21)22(32)28-9-10-29(19(31)13-28)16-5-3-2-4-6-16/h11-12,14,16H,2-10,13H2,1H3. The lowest BCUT2D eigenvalue weighted by Crippen LogP contribution is -2.55. The number of amides is 2. The van der Waals surface area contributed by atoms with Crippen molar-refractivity contribution in [3.05, 3.63) is 29.1 Å². The van der Waals surface area contributed by atoms with Crippen molar-refractivity contribution >= 4 is 17.3 Å². The maximum Gasteiger partial charge on any atom is 0.433 e. The van der Waals surface area contributed by atoms with Gasteiger partial charge in [-0.25, -0.2) is 4.52 Å². The smallest absolute Gasteiger partial charge is 0.433 e. The van der Waals surface area contributed by atoms with Crippen LogP contribution in [0.5, 0.6) is 5.75 Å². The van der Waals surface area contributed by atoms with Crippen molar-refractivity contribution in [3.8, 4) is 5.75 Å². The van der Waals surface area contributed by atoms with E-state index in [2.05, 4.69) is 5.10 Å². The summed E-state index contributed by atoms with van der Waals surface area (Å²) in [5.41, 5.74) is -0.444. The van der Waals surface area contributed by atoms with Gasteiger partial charge in [0.25, 0.3) is 5.91 Å². The SMILES string of the molecule is COc1c(C(=O)N2CCN(C3CCCCC3)C(=O)C2)nn2c(C(F)(F)F)cc(C3CC3)cc12. The van der Waals surface area contributed by atoms with Crippen LogP contribution in [0.2, 0.25) is 0 Å². The summed E-state index contributed by atoms with van der Waals surface area (Å²) in [7, 11) is 1.32. The number of fused-ring (bicyclic) bond motifs is 1. The summed E-state index contributed by atoms with van der Waals surface area (Å²) in [4.78, 5) is 29.3. The summed E-state index contributed by atoms with van der Waals surface area (Å²) < 4.78 is 47.5. The maximum absolute atomic E-state index is 13.8. The summed E-state index contributed by atoms with van der Waals surface area (Å²) >= 11 is 0. The first kappa shape index (κ1) is 22.0. The number of ether oxygens (including phenoxy) is 1. The molecule has 2 aromatic heterocycles. The van der Waals surface area contributed by atoms with E-state index in [1.807, 2.05) is 4.90 Å². The molecule has 1 aliphatic heterocycles. The maximum atomic E-state index is 13.8. The van der Waals surface area contributed by atoms with E-state index in [9.17, 15) is 22.8 Å². The number of nitrogens with zero attached hydrogens (tertiary/aromatic N) is 4. The van der Waals surface area contributed by atoms with Gasteiger partial charge in [0.05, 0.1) is 7.11 Å². The first-order chi connectivity index (χ1) is 15.8. The fraction of sp³-hybridized carbons (Fsp3) is 0.609. The van der Waals surface area contributed by atoms with Crippen molar-refractivity contribution in [2.45, 2.75) is 63.1 Å². The van der Waals surface area contributed by atoms with E-state index in [0.29, 0.717) is 18.7 Å². The third-order valence-electron chi connectivity index (χ3n) is 7.02. The van der Waals surface area contributed by atoms with Gasteiger partial charge in [-0.05, 0) is 49.3 Å². The predicted molar refractivity (Wildman–Crippen MR) is 113 cm³/mol. The number of methoxy groups -OCH3 is 1. The van der Waals surface area contributed by atoms with Crippen LogP contribution in [0.1, 0.15) is 72.6 Å². The molecule has 0 radical (unpaired) electrons. The molecule has 5 rings (SSSR count). The Morgan fingerprint density at radius 1 is 1.09 bits per heavy atom. The Labute approximate surface area is 189 Å². The fourth-order valence-corrected chi connectivity index (χ4v) is 5.13. The number of carbonyl (C=O) groups excluding carboxylic acids is 2. The monoisotopic (exact) mass is 464 g/mol. The number of carbonyl (C=O) groups is 2. The number of piperazine rings is 1. The van der Waals surface area contributed by atoms with Crippen LogP contribution < -0.4 is 4.74 Å². The number of aromatic nitrogens is 2. The zero-order valence-electron chi connectivity index (χ0n) is 18.5. The van der Waals surface area contributed by atoms with E-state index < -0.39 is 17.8 Å². The van der Waals surface area contributed by atoms with E-state index in [4.69, 9.17) is 4.74 Å². The molecule has 2 amide bonds. The van der Waals surface area contributed by atoms with Crippen LogP contribution in [0, 0.1) is 0 Å². The highest BCUT2D eigenvalue weighted by Gasteiger charge is 2.39. The molecule has 1 saturated heterocycles. The molecule has 0 spiro atoms. The van der Waals surface area contributed by atoms with Crippen molar-refractivity contribution in [3.63, 3.8) is 0 Å². The van der Waals surface area contributed by atoms with Gasteiger partial charge < -0.3 is 14.5 Å². The van der Waals surface area contributed by atoms with Crippen LogP contribution in [-0.4, -0.2) is 64.0 Å². The van der Waals surface area contributed by atoms with Crippen molar-refractivity contribution in [1.82, 2.24) is 19.4 Å². The average molecular weight is 464 g/mol. The minimum absolute atomic E-state index is 0.00941. The van der Waals surface area contributed by atoms with Crippen LogP contribution in [0.15, 0.2) is 12.1 Å². The molecule has 3 fully saturated rings. The summed E-state index contributed by atoms with van der Waals surface area (Å²) in [6, 6.07) is 2.95. The van der Waals surface area contributed by atoms with Gasteiger partial charge in [0.1, 0.15) is 17.8 Å². The lowest BCUT2D eigenvalue weighted by molar-refractivity contribution is -0.142. The third-order valence-corrected chi connectivity index (χ3v) is 7.02. The van der Waals surface area contributed by atoms with Gasteiger partial charge in [-0.1, -0.05) is 19.3 Å². The summed E-state index contributed by atoms with van der Waals surface area (Å²) in [6.07, 6.45) is 2.36. The number of pyridine rings is 1. The Morgan fingerprint density at radius 2 is 1.82 bits per heavy atom.